The molecule has 0 aliphatic carbocycles. The van der Waals surface area contributed by atoms with Crippen LogP contribution in [0.5, 0.6) is 0 Å². The van der Waals surface area contributed by atoms with Gasteiger partial charge in [0.25, 0.3) is 11.8 Å². The van der Waals surface area contributed by atoms with Crippen LogP contribution < -0.4 is 16.4 Å². The van der Waals surface area contributed by atoms with E-state index in [0.717, 1.165) is 5.01 Å². The summed E-state index contributed by atoms with van der Waals surface area (Å²) >= 11 is 1.27. The fraction of sp³-hybridized carbons (Fsp3) is 0.222. The topological polar surface area (TPSA) is 148 Å². The van der Waals surface area contributed by atoms with Crippen molar-refractivity contribution in [1.29, 1.82) is 0 Å². The molecule has 1 aromatic carbocycles. The Morgan fingerprint density at radius 3 is 2.64 bits per heavy atom. The first-order valence-electron chi connectivity index (χ1n) is 8.28. The van der Waals surface area contributed by atoms with Gasteiger partial charge in [0, 0.05) is 11.1 Å². The number of anilines is 1. The number of primary amides is 1. The van der Waals surface area contributed by atoms with E-state index in [1.165, 1.54) is 17.5 Å². The summed E-state index contributed by atoms with van der Waals surface area (Å²) < 4.78 is 5.58. The Balaban J connectivity index is 1.90. The molecule has 0 unspecified atom stereocenters. The number of hydrogen-bond acceptors (Lipinski definition) is 7. The normalized spacial score (nSPS) is 12.0. The van der Waals surface area contributed by atoms with Crippen molar-refractivity contribution in [3.05, 3.63) is 45.6 Å². The number of aliphatic hydroxyl groups is 1. The molecule has 0 bridgehead atoms. The van der Waals surface area contributed by atoms with Crippen molar-refractivity contribution in [3.8, 4) is 0 Å². The zero-order chi connectivity index (χ0) is 20.4. The molecule has 10 heteroatoms. The molecule has 0 radical (unpaired) electrons. The standard InChI is InChI=1S/C18H18N4O5S/c1-8-15(18(26)22-12(7-23)16(19)24)11-5-10(3-4-13(11)27-8)21-17(25)14-6-20-9(2)28-14/h3-6,12,23H,7H2,1-2H3,(H2,19,24)(H,21,25)(H,22,26)/t12-/m0/s1. The minimum absolute atomic E-state index is 0.194. The first-order valence-corrected chi connectivity index (χ1v) is 9.09. The van der Waals surface area contributed by atoms with E-state index in [0.29, 0.717) is 27.3 Å². The van der Waals surface area contributed by atoms with Crippen molar-refractivity contribution >= 4 is 45.7 Å². The molecule has 28 heavy (non-hydrogen) atoms. The van der Waals surface area contributed by atoms with Gasteiger partial charge in [-0.3, -0.25) is 14.4 Å². The van der Waals surface area contributed by atoms with Crippen LogP contribution in [0.4, 0.5) is 5.69 Å². The van der Waals surface area contributed by atoms with E-state index >= 15 is 0 Å². The lowest BCUT2D eigenvalue weighted by molar-refractivity contribution is -0.120. The average molecular weight is 402 g/mol. The average Bonchev–Trinajstić information content (AvgIpc) is 3.21. The third-order valence-corrected chi connectivity index (χ3v) is 4.94. The van der Waals surface area contributed by atoms with E-state index in [1.807, 2.05) is 0 Å². The number of carbonyl (C=O) groups excluding carboxylic acids is 3. The number of benzene rings is 1. The molecule has 0 spiro atoms. The van der Waals surface area contributed by atoms with E-state index in [-0.39, 0.29) is 11.5 Å². The van der Waals surface area contributed by atoms with Crippen molar-refractivity contribution < 1.29 is 23.9 Å². The molecule has 9 nitrogen and oxygen atoms in total. The minimum atomic E-state index is -1.21. The lowest BCUT2D eigenvalue weighted by atomic mass is 10.1. The lowest BCUT2D eigenvalue weighted by Gasteiger charge is -2.12. The second-order valence-corrected chi connectivity index (χ2v) is 7.29. The summed E-state index contributed by atoms with van der Waals surface area (Å²) in [5.74, 6) is -1.45. The maximum atomic E-state index is 12.6. The summed E-state index contributed by atoms with van der Waals surface area (Å²) in [4.78, 5) is 40.7. The van der Waals surface area contributed by atoms with Crippen LogP contribution in [0.3, 0.4) is 0 Å². The molecule has 3 aromatic rings. The van der Waals surface area contributed by atoms with Gasteiger partial charge in [-0.1, -0.05) is 0 Å². The van der Waals surface area contributed by atoms with E-state index in [9.17, 15) is 19.5 Å². The van der Waals surface area contributed by atoms with Gasteiger partial charge in [0.2, 0.25) is 5.91 Å². The van der Waals surface area contributed by atoms with E-state index in [4.69, 9.17) is 10.2 Å². The number of amides is 3. The number of aromatic nitrogens is 1. The van der Waals surface area contributed by atoms with Crippen molar-refractivity contribution in [3.63, 3.8) is 0 Å². The highest BCUT2D eigenvalue weighted by molar-refractivity contribution is 7.13. The SMILES string of the molecule is Cc1ncc(C(=O)Nc2ccc3oc(C)c(C(=O)N[C@@H](CO)C(N)=O)c3c2)s1. The maximum Gasteiger partial charge on any atom is 0.267 e. The van der Waals surface area contributed by atoms with Gasteiger partial charge < -0.3 is 25.9 Å². The molecule has 1 atom stereocenters. The lowest BCUT2D eigenvalue weighted by Crippen LogP contribution is -2.46. The summed E-state index contributed by atoms with van der Waals surface area (Å²) in [6.07, 6.45) is 1.49. The molecule has 0 aliphatic rings. The van der Waals surface area contributed by atoms with Crippen LogP contribution in [-0.2, 0) is 4.79 Å². The second-order valence-electron chi connectivity index (χ2n) is 6.05. The Bertz CT molecular complexity index is 1070. The number of furan rings is 1. The third kappa shape index (κ3) is 3.87. The predicted octanol–water partition coefficient (Wildman–Crippen LogP) is 1.33. The fourth-order valence-corrected chi connectivity index (χ4v) is 3.35. The third-order valence-electron chi connectivity index (χ3n) is 4.03. The van der Waals surface area contributed by atoms with E-state index in [2.05, 4.69) is 15.6 Å². The molecule has 0 saturated heterocycles. The molecule has 3 rings (SSSR count). The number of aryl methyl sites for hydroxylation is 2. The summed E-state index contributed by atoms with van der Waals surface area (Å²) in [5, 5.41) is 15.5. The van der Waals surface area contributed by atoms with Crippen LogP contribution in [0, 0.1) is 13.8 Å². The summed E-state index contributed by atoms with van der Waals surface area (Å²) in [7, 11) is 0. The van der Waals surface area contributed by atoms with Crippen molar-refractivity contribution in [2.75, 3.05) is 11.9 Å². The number of aliphatic hydroxyl groups excluding tert-OH is 1. The number of fused-ring (bicyclic) bond motifs is 1. The monoisotopic (exact) mass is 402 g/mol. The number of carbonyl (C=O) groups is 3. The van der Waals surface area contributed by atoms with Crippen molar-refractivity contribution in [2.24, 2.45) is 5.73 Å². The summed E-state index contributed by atoms with van der Waals surface area (Å²) in [6.45, 7) is 2.79. The first kappa shape index (κ1) is 19.5. The number of thiazole rings is 1. The largest absolute Gasteiger partial charge is 0.461 e. The predicted molar refractivity (Wildman–Crippen MR) is 103 cm³/mol. The number of hydrogen-bond donors (Lipinski definition) is 4. The maximum absolute atomic E-state index is 12.6. The van der Waals surface area contributed by atoms with Gasteiger partial charge in [-0.05, 0) is 32.0 Å². The molecule has 2 heterocycles. The molecule has 0 aliphatic heterocycles. The van der Waals surface area contributed by atoms with Crippen molar-refractivity contribution in [1.82, 2.24) is 10.3 Å². The van der Waals surface area contributed by atoms with Gasteiger partial charge in [0.05, 0.1) is 23.4 Å². The molecule has 5 N–H and O–H groups in total. The molecule has 2 aromatic heterocycles. The highest BCUT2D eigenvalue weighted by Crippen LogP contribution is 2.28. The Kier molecular flexibility index (Phi) is 5.43. The molecular formula is C18H18N4O5S. The Morgan fingerprint density at radius 1 is 1.29 bits per heavy atom. The van der Waals surface area contributed by atoms with Crippen LogP contribution in [0.1, 0.15) is 30.8 Å². The highest BCUT2D eigenvalue weighted by atomic mass is 32.1. The van der Waals surface area contributed by atoms with E-state index < -0.39 is 24.5 Å². The van der Waals surface area contributed by atoms with Crippen LogP contribution in [0.2, 0.25) is 0 Å². The number of nitrogens with two attached hydrogens (primary N) is 1. The summed E-state index contributed by atoms with van der Waals surface area (Å²) in [6, 6.07) is 3.67. The zero-order valence-corrected chi connectivity index (χ0v) is 15.9. The quantitative estimate of drug-likeness (QED) is 0.489. The minimum Gasteiger partial charge on any atom is -0.461 e. The highest BCUT2D eigenvalue weighted by Gasteiger charge is 2.23. The molecule has 146 valence electrons. The smallest absolute Gasteiger partial charge is 0.267 e. The van der Waals surface area contributed by atoms with Crippen LogP contribution >= 0.6 is 11.3 Å². The first-order chi connectivity index (χ1) is 13.3. The van der Waals surface area contributed by atoms with Crippen LogP contribution in [0.25, 0.3) is 11.0 Å². The fourth-order valence-electron chi connectivity index (χ4n) is 2.68. The van der Waals surface area contributed by atoms with Gasteiger partial charge in [-0.25, -0.2) is 4.98 Å². The van der Waals surface area contributed by atoms with Crippen LogP contribution in [0.15, 0.2) is 28.8 Å². The molecule has 3 amide bonds. The van der Waals surface area contributed by atoms with Crippen molar-refractivity contribution in [2.45, 2.75) is 19.9 Å². The Labute approximate surface area is 163 Å². The van der Waals surface area contributed by atoms with Gasteiger partial charge in [0.15, 0.2) is 0 Å². The molecular weight excluding hydrogens is 384 g/mol. The number of rotatable bonds is 6. The zero-order valence-electron chi connectivity index (χ0n) is 15.1. The van der Waals surface area contributed by atoms with Crippen LogP contribution in [-0.4, -0.2) is 40.5 Å². The second kappa shape index (κ2) is 7.79. The van der Waals surface area contributed by atoms with Gasteiger partial charge in [0.1, 0.15) is 22.3 Å². The van der Waals surface area contributed by atoms with Gasteiger partial charge in [-0.15, -0.1) is 11.3 Å². The van der Waals surface area contributed by atoms with Gasteiger partial charge >= 0.3 is 0 Å². The Hall–Kier alpha value is -3.24. The van der Waals surface area contributed by atoms with E-state index in [1.54, 1.807) is 32.0 Å². The Morgan fingerprint density at radius 2 is 2.04 bits per heavy atom. The summed E-state index contributed by atoms with van der Waals surface area (Å²) in [5.41, 5.74) is 6.24. The molecule has 0 saturated carbocycles. The number of nitrogens with one attached hydrogen (secondary N) is 2. The number of nitrogens with zero attached hydrogens (tertiary/aromatic N) is 1. The van der Waals surface area contributed by atoms with Gasteiger partial charge in [-0.2, -0.15) is 0 Å². The molecule has 0 fully saturated rings.